The summed E-state index contributed by atoms with van der Waals surface area (Å²) in [5.74, 6) is 0. The van der Waals surface area contributed by atoms with Gasteiger partial charge in [0, 0.05) is 12.4 Å². The molecule has 0 aromatic carbocycles. The first-order valence-electron chi connectivity index (χ1n) is 2.90. The van der Waals surface area contributed by atoms with Gasteiger partial charge in [-0.2, -0.15) is 5.26 Å². The van der Waals surface area contributed by atoms with Crippen molar-refractivity contribution in [3.05, 3.63) is 29.0 Å². The zero-order valence-corrected chi connectivity index (χ0v) is 6.82. The van der Waals surface area contributed by atoms with Gasteiger partial charge in [-0.1, -0.05) is 11.6 Å². The molecule has 1 amide bonds. The molecule has 0 fully saturated rings. The summed E-state index contributed by atoms with van der Waals surface area (Å²) >= 11 is 5.51. The third-order valence-electron chi connectivity index (χ3n) is 0.834. The minimum absolute atomic E-state index is 0.250. The Balaban J connectivity index is 0.000000354. The number of nitrogens with zero attached hydrogens (tertiary/aromatic N) is 2. The molecular weight excluding hydrogens is 178 g/mol. The molecule has 0 bridgehead atoms. The van der Waals surface area contributed by atoms with Crippen LogP contribution in [0.1, 0.15) is 5.56 Å². The Hall–Kier alpha value is -1.60. The van der Waals surface area contributed by atoms with Crippen molar-refractivity contribution in [2.24, 2.45) is 5.73 Å². The fraction of sp³-hybridized carbons (Fsp3) is 0. The van der Waals surface area contributed by atoms with E-state index in [-0.39, 0.29) is 6.41 Å². The van der Waals surface area contributed by atoms with E-state index in [2.05, 4.69) is 10.7 Å². The molecule has 62 valence electrons. The summed E-state index contributed by atoms with van der Waals surface area (Å²) in [6.07, 6.45) is 3.20. The van der Waals surface area contributed by atoms with E-state index in [0.717, 1.165) is 0 Å². The quantitative estimate of drug-likeness (QED) is 0.602. The minimum Gasteiger partial charge on any atom is -0.372 e. The van der Waals surface area contributed by atoms with Crippen LogP contribution < -0.4 is 5.73 Å². The van der Waals surface area contributed by atoms with Crippen molar-refractivity contribution in [2.75, 3.05) is 0 Å². The molecule has 1 heterocycles. The zero-order valence-electron chi connectivity index (χ0n) is 6.07. The number of halogens is 1. The Bertz CT molecular complexity index is 295. The molecule has 1 rings (SSSR count). The highest BCUT2D eigenvalue weighted by Gasteiger charge is 1.89. The van der Waals surface area contributed by atoms with Gasteiger partial charge in [0.1, 0.15) is 6.07 Å². The Morgan fingerprint density at radius 2 is 2.25 bits per heavy atom. The Labute approximate surface area is 74.6 Å². The molecule has 1 aromatic heterocycles. The minimum atomic E-state index is 0.250. The second kappa shape index (κ2) is 6.13. The first-order valence-corrected chi connectivity index (χ1v) is 3.28. The zero-order chi connectivity index (χ0) is 9.40. The fourth-order valence-electron chi connectivity index (χ4n) is 0.473. The molecule has 0 saturated heterocycles. The number of primary amides is 1. The van der Waals surface area contributed by atoms with E-state index >= 15 is 0 Å². The molecule has 2 N–H and O–H groups in total. The fourth-order valence-corrected chi connectivity index (χ4v) is 0.647. The summed E-state index contributed by atoms with van der Waals surface area (Å²) in [6.45, 7) is 0. The van der Waals surface area contributed by atoms with Crippen LogP contribution in [-0.2, 0) is 4.79 Å². The molecule has 0 atom stereocenters. The van der Waals surface area contributed by atoms with Gasteiger partial charge < -0.3 is 5.73 Å². The second-order valence-electron chi connectivity index (χ2n) is 1.64. The van der Waals surface area contributed by atoms with Crippen LogP contribution in [0, 0.1) is 11.3 Å². The normalized spacial score (nSPS) is 7.33. The molecule has 0 radical (unpaired) electrons. The molecule has 1 aromatic rings. The average molecular weight is 184 g/mol. The molecular formula is C7H6ClN3O. The Morgan fingerprint density at radius 1 is 1.67 bits per heavy atom. The number of aromatic nitrogens is 1. The lowest BCUT2D eigenvalue weighted by atomic mass is 10.3. The predicted molar refractivity (Wildman–Crippen MR) is 44.2 cm³/mol. The van der Waals surface area contributed by atoms with E-state index in [1.807, 2.05) is 6.07 Å². The molecule has 12 heavy (non-hydrogen) atoms. The second-order valence-corrected chi connectivity index (χ2v) is 2.08. The highest BCUT2D eigenvalue weighted by molar-refractivity contribution is 6.30. The number of hydrogen-bond donors (Lipinski definition) is 1. The van der Waals surface area contributed by atoms with Crippen molar-refractivity contribution in [2.45, 2.75) is 0 Å². The van der Waals surface area contributed by atoms with Gasteiger partial charge in [0.2, 0.25) is 6.41 Å². The topological polar surface area (TPSA) is 79.8 Å². The average Bonchev–Trinajstić information content (AvgIpc) is 2.06. The lowest BCUT2D eigenvalue weighted by Gasteiger charge is -1.85. The first kappa shape index (κ1) is 10.4. The van der Waals surface area contributed by atoms with Crippen LogP contribution in [0.3, 0.4) is 0 Å². The Morgan fingerprint density at radius 3 is 2.58 bits per heavy atom. The smallest absolute Gasteiger partial charge is 0.204 e. The van der Waals surface area contributed by atoms with Crippen LogP contribution in [0.2, 0.25) is 5.02 Å². The van der Waals surface area contributed by atoms with Crippen molar-refractivity contribution in [3.63, 3.8) is 0 Å². The third kappa shape index (κ3) is 4.25. The molecule has 0 aliphatic rings. The number of pyridine rings is 1. The Kier molecular flexibility index (Phi) is 5.31. The molecule has 0 aliphatic heterocycles. The molecule has 0 spiro atoms. The van der Waals surface area contributed by atoms with Crippen molar-refractivity contribution >= 4 is 18.0 Å². The highest BCUT2D eigenvalue weighted by atomic mass is 35.5. The lowest BCUT2D eigenvalue weighted by molar-refractivity contribution is -0.106. The van der Waals surface area contributed by atoms with Gasteiger partial charge >= 0.3 is 0 Å². The van der Waals surface area contributed by atoms with E-state index in [0.29, 0.717) is 10.6 Å². The van der Waals surface area contributed by atoms with Gasteiger partial charge in [-0.25, -0.2) is 0 Å². The number of hydrogen-bond acceptors (Lipinski definition) is 3. The van der Waals surface area contributed by atoms with Crippen LogP contribution in [0.15, 0.2) is 18.5 Å². The van der Waals surface area contributed by atoms with Crippen molar-refractivity contribution in [1.29, 1.82) is 5.26 Å². The summed E-state index contributed by atoms with van der Waals surface area (Å²) in [6, 6.07) is 3.48. The van der Waals surface area contributed by atoms with E-state index in [4.69, 9.17) is 21.7 Å². The van der Waals surface area contributed by atoms with Gasteiger partial charge in [-0.15, -0.1) is 0 Å². The van der Waals surface area contributed by atoms with Crippen LogP contribution in [0.5, 0.6) is 0 Å². The summed E-state index contributed by atoms with van der Waals surface area (Å²) < 4.78 is 0. The maximum absolute atomic E-state index is 8.58. The predicted octanol–water partition coefficient (Wildman–Crippen LogP) is 0.708. The van der Waals surface area contributed by atoms with Crippen LogP contribution >= 0.6 is 11.6 Å². The number of nitriles is 1. The monoisotopic (exact) mass is 183 g/mol. The largest absolute Gasteiger partial charge is 0.372 e. The van der Waals surface area contributed by atoms with Gasteiger partial charge in [0.25, 0.3) is 0 Å². The van der Waals surface area contributed by atoms with Crippen LogP contribution in [0.4, 0.5) is 0 Å². The van der Waals surface area contributed by atoms with Crippen LogP contribution in [0.25, 0.3) is 0 Å². The van der Waals surface area contributed by atoms with E-state index < -0.39 is 0 Å². The van der Waals surface area contributed by atoms with Gasteiger partial charge in [0.05, 0.1) is 10.6 Å². The molecule has 4 nitrogen and oxygen atoms in total. The van der Waals surface area contributed by atoms with Crippen molar-refractivity contribution in [3.8, 4) is 6.07 Å². The van der Waals surface area contributed by atoms with Gasteiger partial charge in [-0.05, 0) is 6.07 Å². The number of rotatable bonds is 0. The van der Waals surface area contributed by atoms with Crippen LogP contribution in [-0.4, -0.2) is 11.4 Å². The van der Waals surface area contributed by atoms with Crippen molar-refractivity contribution < 1.29 is 4.79 Å². The SMILES string of the molecule is N#Cc1cncc(Cl)c1.NC=O. The van der Waals surface area contributed by atoms with Gasteiger partial charge in [0.15, 0.2) is 0 Å². The summed E-state index contributed by atoms with van der Waals surface area (Å²) in [7, 11) is 0. The lowest BCUT2D eigenvalue weighted by Crippen LogP contribution is -1.82. The maximum Gasteiger partial charge on any atom is 0.204 e. The van der Waals surface area contributed by atoms with E-state index in [1.54, 1.807) is 6.07 Å². The number of amides is 1. The summed E-state index contributed by atoms with van der Waals surface area (Å²) in [5, 5.41) is 8.81. The standard InChI is InChI=1S/C6H3ClN2.CH3NO/c7-6-1-5(2-8)3-9-4-6;2-1-3/h1,3-4H;1H,(H2,2,3). The summed E-state index contributed by atoms with van der Waals surface area (Å²) in [4.78, 5) is 12.3. The molecule has 0 aliphatic carbocycles. The van der Waals surface area contributed by atoms with Gasteiger partial charge in [-0.3, -0.25) is 9.78 Å². The van der Waals surface area contributed by atoms with E-state index in [1.165, 1.54) is 12.4 Å². The van der Waals surface area contributed by atoms with E-state index in [9.17, 15) is 0 Å². The molecule has 5 heteroatoms. The first-order chi connectivity index (χ1) is 5.74. The highest BCUT2D eigenvalue weighted by Crippen LogP contribution is 2.06. The molecule has 0 unspecified atom stereocenters. The number of carbonyl (C=O) groups excluding carboxylic acids is 1. The summed E-state index contributed by atoms with van der Waals surface area (Å²) in [5.41, 5.74) is 4.66. The third-order valence-corrected chi connectivity index (χ3v) is 1.04. The number of nitrogens with two attached hydrogens (primary N) is 1. The molecule has 0 saturated carbocycles. The number of carbonyl (C=O) groups is 1. The van der Waals surface area contributed by atoms with Crippen molar-refractivity contribution in [1.82, 2.24) is 4.98 Å². The maximum atomic E-state index is 8.58.